The molecular formula is C15H19F2N3. The number of piperazine rings is 1. The Morgan fingerprint density at radius 2 is 1.80 bits per heavy atom. The van der Waals surface area contributed by atoms with E-state index in [1.54, 1.807) is 23.1 Å². The second kappa shape index (κ2) is 6.29. The maximum Gasteiger partial charge on any atom is 0.285 e. The van der Waals surface area contributed by atoms with Crippen molar-refractivity contribution in [1.29, 1.82) is 5.26 Å². The molecule has 1 unspecified atom stereocenters. The standard InChI is InChI=1S/C15H19F2N3/c1-13(11-18)20-9-7-19(8-10-20)12-15(16,17)14-5-3-2-4-6-14/h2-6,13H,7-10,12H2,1H3. The molecule has 1 aromatic rings. The van der Waals surface area contributed by atoms with Crippen LogP contribution in [0.5, 0.6) is 0 Å². The molecule has 5 heteroatoms. The van der Waals surface area contributed by atoms with Gasteiger partial charge >= 0.3 is 0 Å². The minimum Gasteiger partial charge on any atom is -0.295 e. The van der Waals surface area contributed by atoms with Crippen molar-refractivity contribution in [2.45, 2.75) is 18.9 Å². The van der Waals surface area contributed by atoms with Gasteiger partial charge in [-0.2, -0.15) is 14.0 Å². The lowest BCUT2D eigenvalue weighted by molar-refractivity contribution is -0.0482. The van der Waals surface area contributed by atoms with Crippen LogP contribution in [-0.2, 0) is 5.92 Å². The summed E-state index contributed by atoms with van der Waals surface area (Å²) in [5.41, 5.74) is 0.0628. The van der Waals surface area contributed by atoms with Gasteiger partial charge < -0.3 is 0 Å². The van der Waals surface area contributed by atoms with E-state index >= 15 is 0 Å². The van der Waals surface area contributed by atoms with Crippen molar-refractivity contribution in [3.05, 3.63) is 35.9 Å². The van der Waals surface area contributed by atoms with Gasteiger partial charge in [0, 0.05) is 31.7 Å². The first-order valence-corrected chi connectivity index (χ1v) is 6.82. The fourth-order valence-corrected chi connectivity index (χ4v) is 2.44. The molecule has 2 rings (SSSR count). The molecule has 1 saturated heterocycles. The van der Waals surface area contributed by atoms with E-state index in [-0.39, 0.29) is 18.2 Å². The third-order valence-corrected chi connectivity index (χ3v) is 3.76. The van der Waals surface area contributed by atoms with Crippen molar-refractivity contribution in [2.75, 3.05) is 32.7 Å². The van der Waals surface area contributed by atoms with Crippen LogP contribution in [0.25, 0.3) is 0 Å². The molecule has 0 radical (unpaired) electrons. The van der Waals surface area contributed by atoms with E-state index in [9.17, 15) is 8.78 Å². The number of hydrogen-bond acceptors (Lipinski definition) is 3. The molecule has 1 fully saturated rings. The van der Waals surface area contributed by atoms with Gasteiger partial charge in [0.2, 0.25) is 0 Å². The van der Waals surface area contributed by atoms with E-state index in [0.717, 1.165) is 0 Å². The Morgan fingerprint density at radius 3 is 2.35 bits per heavy atom. The summed E-state index contributed by atoms with van der Waals surface area (Å²) in [5, 5.41) is 8.86. The zero-order valence-corrected chi connectivity index (χ0v) is 11.6. The summed E-state index contributed by atoms with van der Waals surface area (Å²) in [6, 6.07) is 9.98. The average Bonchev–Trinajstić information content (AvgIpc) is 2.48. The molecule has 0 amide bonds. The van der Waals surface area contributed by atoms with Crippen LogP contribution in [0.4, 0.5) is 8.78 Å². The van der Waals surface area contributed by atoms with Crippen LogP contribution in [0.1, 0.15) is 12.5 Å². The molecule has 1 atom stereocenters. The minimum atomic E-state index is -2.83. The Morgan fingerprint density at radius 1 is 1.20 bits per heavy atom. The lowest BCUT2D eigenvalue weighted by Gasteiger charge is -2.37. The van der Waals surface area contributed by atoms with E-state index in [1.807, 2.05) is 11.8 Å². The first-order valence-electron chi connectivity index (χ1n) is 6.82. The van der Waals surface area contributed by atoms with E-state index in [4.69, 9.17) is 5.26 Å². The molecule has 1 heterocycles. The molecule has 20 heavy (non-hydrogen) atoms. The van der Waals surface area contributed by atoms with Gasteiger partial charge in [-0.1, -0.05) is 30.3 Å². The third-order valence-electron chi connectivity index (χ3n) is 3.76. The number of nitriles is 1. The molecule has 1 aliphatic heterocycles. The second-order valence-corrected chi connectivity index (χ2v) is 5.19. The van der Waals surface area contributed by atoms with Crippen molar-refractivity contribution >= 4 is 0 Å². The van der Waals surface area contributed by atoms with Crippen molar-refractivity contribution in [1.82, 2.24) is 9.80 Å². The molecule has 1 aliphatic rings. The highest BCUT2D eigenvalue weighted by Gasteiger charge is 2.35. The maximum atomic E-state index is 14.2. The van der Waals surface area contributed by atoms with Gasteiger partial charge in [0.25, 0.3) is 5.92 Å². The first kappa shape index (κ1) is 14.9. The Balaban J connectivity index is 1.91. The monoisotopic (exact) mass is 279 g/mol. The van der Waals surface area contributed by atoms with E-state index in [2.05, 4.69) is 6.07 Å². The third kappa shape index (κ3) is 3.53. The molecular weight excluding hydrogens is 260 g/mol. The van der Waals surface area contributed by atoms with Gasteiger partial charge in [-0.3, -0.25) is 9.80 Å². The molecule has 3 nitrogen and oxygen atoms in total. The van der Waals surface area contributed by atoms with Crippen LogP contribution in [0.15, 0.2) is 30.3 Å². The topological polar surface area (TPSA) is 30.3 Å². The van der Waals surface area contributed by atoms with Gasteiger partial charge in [-0.05, 0) is 6.92 Å². The summed E-state index contributed by atoms with van der Waals surface area (Å²) < 4.78 is 28.3. The first-order chi connectivity index (χ1) is 9.53. The molecule has 0 bridgehead atoms. The maximum absolute atomic E-state index is 14.2. The summed E-state index contributed by atoms with van der Waals surface area (Å²) in [6.07, 6.45) is 0. The predicted octanol–water partition coefficient (Wildman–Crippen LogP) is 2.31. The lowest BCUT2D eigenvalue weighted by Crippen LogP contribution is -2.51. The zero-order chi connectivity index (χ0) is 14.6. The van der Waals surface area contributed by atoms with Crippen LogP contribution < -0.4 is 0 Å². The molecule has 1 aromatic carbocycles. The molecule has 0 N–H and O–H groups in total. The fourth-order valence-electron chi connectivity index (χ4n) is 2.44. The highest BCUT2D eigenvalue weighted by molar-refractivity contribution is 5.20. The van der Waals surface area contributed by atoms with Gasteiger partial charge in [-0.15, -0.1) is 0 Å². The molecule has 0 spiro atoms. The highest BCUT2D eigenvalue weighted by Crippen LogP contribution is 2.29. The van der Waals surface area contributed by atoms with E-state index < -0.39 is 5.92 Å². The van der Waals surface area contributed by atoms with Crippen molar-refractivity contribution in [3.8, 4) is 6.07 Å². The van der Waals surface area contributed by atoms with Crippen LogP contribution in [0, 0.1) is 11.3 Å². The average molecular weight is 279 g/mol. The smallest absolute Gasteiger partial charge is 0.285 e. The minimum absolute atomic E-state index is 0.0628. The second-order valence-electron chi connectivity index (χ2n) is 5.19. The number of alkyl halides is 2. The number of nitrogens with zero attached hydrogens (tertiary/aromatic N) is 3. The fraction of sp³-hybridized carbons (Fsp3) is 0.533. The number of benzene rings is 1. The van der Waals surface area contributed by atoms with Crippen molar-refractivity contribution in [3.63, 3.8) is 0 Å². The Kier molecular flexibility index (Phi) is 4.69. The van der Waals surface area contributed by atoms with Gasteiger partial charge in [0.1, 0.15) is 0 Å². The SMILES string of the molecule is CC(C#N)N1CCN(CC(F)(F)c2ccccc2)CC1. The van der Waals surface area contributed by atoms with Crippen LogP contribution >= 0.6 is 0 Å². The van der Waals surface area contributed by atoms with Crippen molar-refractivity contribution in [2.24, 2.45) is 0 Å². The van der Waals surface area contributed by atoms with Crippen LogP contribution in [0.3, 0.4) is 0 Å². The van der Waals surface area contributed by atoms with Crippen molar-refractivity contribution < 1.29 is 8.78 Å². The Labute approximate surface area is 118 Å². The summed E-state index contributed by atoms with van der Waals surface area (Å²) in [6.45, 7) is 4.07. The van der Waals surface area contributed by atoms with Crippen LogP contribution in [-0.4, -0.2) is 48.6 Å². The van der Waals surface area contributed by atoms with Crippen LogP contribution in [0.2, 0.25) is 0 Å². The summed E-state index contributed by atoms with van der Waals surface area (Å²) >= 11 is 0. The molecule has 0 aliphatic carbocycles. The molecule has 0 aromatic heterocycles. The number of rotatable bonds is 4. The predicted molar refractivity (Wildman–Crippen MR) is 73.4 cm³/mol. The highest BCUT2D eigenvalue weighted by atomic mass is 19.3. The Bertz CT molecular complexity index is 462. The van der Waals surface area contributed by atoms with Gasteiger partial charge in [-0.25, -0.2) is 0 Å². The van der Waals surface area contributed by atoms with Gasteiger partial charge in [0.15, 0.2) is 0 Å². The summed E-state index contributed by atoms with van der Waals surface area (Å²) in [7, 11) is 0. The number of halogens is 2. The van der Waals surface area contributed by atoms with E-state index in [0.29, 0.717) is 26.2 Å². The Hall–Kier alpha value is -1.51. The quantitative estimate of drug-likeness (QED) is 0.847. The summed E-state index contributed by atoms with van der Waals surface area (Å²) in [4.78, 5) is 3.80. The lowest BCUT2D eigenvalue weighted by atomic mass is 10.1. The van der Waals surface area contributed by atoms with E-state index in [1.165, 1.54) is 12.1 Å². The zero-order valence-electron chi connectivity index (χ0n) is 11.6. The largest absolute Gasteiger partial charge is 0.295 e. The van der Waals surface area contributed by atoms with Gasteiger partial charge in [0.05, 0.1) is 18.7 Å². The molecule has 0 saturated carbocycles. The summed E-state index contributed by atoms with van der Waals surface area (Å²) in [5.74, 6) is -2.83. The molecule has 108 valence electrons. The number of hydrogen-bond donors (Lipinski definition) is 0. The normalized spacial score (nSPS) is 19.5.